The van der Waals surface area contributed by atoms with Gasteiger partial charge in [-0.2, -0.15) is 0 Å². The quantitative estimate of drug-likeness (QED) is 0.819. The van der Waals surface area contributed by atoms with Crippen LogP contribution in [0.1, 0.15) is 12.0 Å². The zero-order valence-corrected chi connectivity index (χ0v) is 11.8. The van der Waals surface area contributed by atoms with Crippen LogP contribution in [0.2, 0.25) is 0 Å². The predicted octanol–water partition coefficient (Wildman–Crippen LogP) is 1.19. The Hall–Kier alpha value is -1.59. The van der Waals surface area contributed by atoms with E-state index in [4.69, 9.17) is 10.5 Å². The van der Waals surface area contributed by atoms with Crippen molar-refractivity contribution < 1.29 is 9.53 Å². The van der Waals surface area contributed by atoms with Gasteiger partial charge in [0.1, 0.15) is 6.61 Å². The fraction of sp³-hybridized carbons (Fsp3) is 0.533. The van der Waals surface area contributed by atoms with Crippen molar-refractivity contribution in [3.63, 3.8) is 0 Å². The summed E-state index contributed by atoms with van der Waals surface area (Å²) in [4.78, 5) is 13.9. The van der Waals surface area contributed by atoms with Gasteiger partial charge in [0.2, 0.25) is 0 Å². The molecule has 5 nitrogen and oxygen atoms in total. The van der Waals surface area contributed by atoms with Gasteiger partial charge in [0.05, 0.1) is 0 Å². The molecule has 110 valence electrons. The highest BCUT2D eigenvalue weighted by molar-refractivity contribution is 5.67. The first-order valence-electron chi connectivity index (χ1n) is 7.15. The number of nitrogens with two attached hydrogens (primary N) is 1. The van der Waals surface area contributed by atoms with Gasteiger partial charge in [0.25, 0.3) is 0 Å². The molecule has 0 unspecified atom stereocenters. The van der Waals surface area contributed by atoms with Crippen LogP contribution in [0.5, 0.6) is 0 Å². The molecule has 5 heteroatoms. The Morgan fingerprint density at radius 3 is 2.95 bits per heavy atom. The lowest BCUT2D eigenvalue weighted by molar-refractivity contribution is 0.138. The van der Waals surface area contributed by atoms with E-state index < -0.39 is 0 Å². The molecule has 1 aliphatic rings. The molecule has 1 heterocycles. The molecule has 1 atom stereocenters. The number of nitrogens with zero attached hydrogens (tertiary/aromatic N) is 1. The third-order valence-corrected chi connectivity index (χ3v) is 3.56. The average Bonchev–Trinajstić information content (AvgIpc) is 2.92. The second kappa shape index (κ2) is 7.87. The van der Waals surface area contributed by atoms with Gasteiger partial charge in [-0.15, -0.1) is 0 Å². The Labute approximate surface area is 120 Å². The van der Waals surface area contributed by atoms with Crippen molar-refractivity contribution in [3.05, 3.63) is 35.9 Å². The summed E-state index contributed by atoms with van der Waals surface area (Å²) in [6.07, 6.45) is 0.769. The summed E-state index contributed by atoms with van der Waals surface area (Å²) in [6, 6.07) is 9.68. The van der Waals surface area contributed by atoms with Gasteiger partial charge in [-0.3, -0.25) is 0 Å². The van der Waals surface area contributed by atoms with Gasteiger partial charge in [-0.25, -0.2) is 4.79 Å². The second-order valence-corrected chi connectivity index (χ2v) is 5.19. The van der Waals surface area contributed by atoms with Crippen LogP contribution in [0.3, 0.4) is 0 Å². The maximum Gasteiger partial charge on any atom is 0.407 e. The molecule has 1 aromatic rings. The maximum atomic E-state index is 11.6. The Morgan fingerprint density at radius 1 is 1.40 bits per heavy atom. The molecule has 1 fully saturated rings. The first-order valence-corrected chi connectivity index (χ1v) is 7.15. The number of hydrogen-bond donors (Lipinski definition) is 2. The van der Waals surface area contributed by atoms with Crippen molar-refractivity contribution in [3.8, 4) is 0 Å². The summed E-state index contributed by atoms with van der Waals surface area (Å²) in [5.41, 5.74) is 6.54. The van der Waals surface area contributed by atoms with Crippen molar-refractivity contribution >= 4 is 6.09 Å². The normalized spacial score (nSPS) is 18.9. The summed E-state index contributed by atoms with van der Waals surface area (Å²) in [5.74, 6) is 0.505. The van der Waals surface area contributed by atoms with E-state index >= 15 is 0 Å². The van der Waals surface area contributed by atoms with Crippen molar-refractivity contribution in [1.82, 2.24) is 10.2 Å². The lowest BCUT2D eigenvalue weighted by Gasteiger charge is -2.15. The molecular weight excluding hydrogens is 254 g/mol. The molecule has 2 rings (SSSR count). The first-order chi connectivity index (χ1) is 9.78. The standard InChI is InChI=1S/C15H23N3O2/c16-7-9-18-8-6-14(11-18)10-17-15(19)20-12-13-4-2-1-3-5-13/h1-5,14H,6-12,16H2,(H,17,19)/t14-/m0/s1. The van der Waals surface area contributed by atoms with Crippen LogP contribution >= 0.6 is 0 Å². The molecule has 1 saturated heterocycles. The van der Waals surface area contributed by atoms with Gasteiger partial charge in [-0.1, -0.05) is 30.3 Å². The summed E-state index contributed by atoms with van der Waals surface area (Å²) in [5, 5.41) is 2.84. The van der Waals surface area contributed by atoms with E-state index in [1.54, 1.807) is 0 Å². The second-order valence-electron chi connectivity index (χ2n) is 5.19. The topological polar surface area (TPSA) is 67.6 Å². The number of likely N-dealkylation sites (tertiary alicyclic amines) is 1. The highest BCUT2D eigenvalue weighted by Gasteiger charge is 2.22. The number of carbonyl (C=O) groups excluding carboxylic acids is 1. The number of alkyl carbamates (subject to hydrolysis) is 1. The summed E-state index contributed by atoms with van der Waals surface area (Å²) in [7, 11) is 0. The minimum Gasteiger partial charge on any atom is -0.445 e. The summed E-state index contributed by atoms with van der Waals surface area (Å²) in [6.45, 7) is 4.71. The van der Waals surface area contributed by atoms with E-state index in [1.165, 1.54) is 0 Å². The van der Waals surface area contributed by atoms with E-state index in [2.05, 4.69) is 10.2 Å². The van der Waals surface area contributed by atoms with Crippen molar-refractivity contribution in [2.24, 2.45) is 11.7 Å². The molecule has 0 aromatic heterocycles. The Bertz CT molecular complexity index is 411. The van der Waals surface area contributed by atoms with Crippen molar-refractivity contribution in [1.29, 1.82) is 0 Å². The molecule has 0 bridgehead atoms. The third-order valence-electron chi connectivity index (χ3n) is 3.56. The van der Waals surface area contributed by atoms with Gasteiger partial charge >= 0.3 is 6.09 Å². The molecule has 0 spiro atoms. The van der Waals surface area contributed by atoms with Gasteiger partial charge in [-0.05, 0) is 24.4 Å². The van der Waals surface area contributed by atoms with E-state index in [-0.39, 0.29) is 6.09 Å². The van der Waals surface area contributed by atoms with Gasteiger partial charge in [0, 0.05) is 26.2 Å². The van der Waals surface area contributed by atoms with Crippen LogP contribution in [0.4, 0.5) is 4.79 Å². The predicted molar refractivity (Wildman–Crippen MR) is 78.2 cm³/mol. The van der Waals surface area contributed by atoms with E-state index in [0.29, 0.717) is 25.6 Å². The zero-order valence-electron chi connectivity index (χ0n) is 11.8. The maximum absolute atomic E-state index is 11.6. The highest BCUT2D eigenvalue weighted by atomic mass is 16.5. The molecule has 0 aliphatic carbocycles. The van der Waals surface area contributed by atoms with Crippen LogP contribution in [0.25, 0.3) is 0 Å². The number of benzene rings is 1. The van der Waals surface area contributed by atoms with Crippen molar-refractivity contribution in [2.45, 2.75) is 13.0 Å². The fourth-order valence-electron chi connectivity index (χ4n) is 2.47. The summed E-state index contributed by atoms with van der Waals surface area (Å²) < 4.78 is 5.18. The number of ether oxygens (including phenoxy) is 1. The Balaban J connectivity index is 1.61. The fourth-order valence-corrected chi connectivity index (χ4v) is 2.47. The smallest absolute Gasteiger partial charge is 0.407 e. The molecule has 0 radical (unpaired) electrons. The molecule has 0 saturated carbocycles. The monoisotopic (exact) mass is 277 g/mol. The number of amides is 1. The molecule has 20 heavy (non-hydrogen) atoms. The van der Waals surface area contributed by atoms with Crippen LogP contribution in [-0.2, 0) is 11.3 Å². The molecular formula is C15H23N3O2. The molecule has 3 N–H and O–H groups in total. The van der Waals surface area contributed by atoms with Crippen molar-refractivity contribution in [2.75, 3.05) is 32.7 Å². The molecule has 1 amide bonds. The van der Waals surface area contributed by atoms with Crippen LogP contribution in [0, 0.1) is 5.92 Å². The molecule has 1 aliphatic heterocycles. The number of nitrogens with one attached hydrogen (secondary N) is 1. The van der Waals surface area contributed by atoms with Crippen LogP contribution in [-0.4, -0.2) is 43.7 Å². The minimum atomic E-state index is -0.342. The number of hydrogen-bond acceptors (Lipinski definition) is 4. The lowest BCUT2D eigenvalue weighted by atomic mass is 10.1. The first kappa shape index (κ1) is 14.8. The summed E-state index contributed by atoms with van der Waals surface area (Å²) >= 11 is 0. The number of rotatable bonds is 6. The van der Waals surface area contributed by atoms with Gasteiger partial charge in [0.15, 0.2) is 0 Å². The highest BCUT2D eigenvalue weighted by Crippen LogP contribution is 2.14. The largest absolute Gasteiger partial charge is 0.445 e. The third kappa shape index (κ3) is 4.83. The van der Waals surface area contributed by atoms with E-state index in [0.717, 1.165) is 31.6 Å². The minimum absolute atomic E-state index is 0.316. The average molecular weight is 277 g/mol. The molecule has 1 aromatic carbocycles. The van der Waals surface area contributed by atoms with Gasteiger partial charge < -0.3 is 20.7 Å². The lowest BCUT2D eigenvalue weighted by Crippen LogP contribution is -2.32. The Morgan fingerprint density at radius 2 is 2.20 bits per heavy atom. The van der Waals surface area contributed by atoms with Crippen LogP contribution < -0.4 is 11.1 Å². The zero-order chi connectivity index (χ0) is 14.2. The van der Waals surface area contributed by atoms with Crippen LogP contribution in [0.15, 0.2) is 30.3 Å². The van der Waals surface area contributed by atoms with E-state index in [1.807, 2.05) is 30.3 Å². The number of carbonyl (C=O) groups is 1. The Kier molecular flexibility index (Phi) is 5.83. The van der Waals surface area contributed by atoms with E-state index in [9.17, 15) is 4.79 Å². The SMILES string of the molecule is NCCN1CC[C@@H](CNC(=O)OCc2ccccc2)C1.